The van der Waals surface area contributed by atoms with Gasteiger partial charge < -0.3 is 36.4 Å². The largest absolute Gasteiger partial charge is 0.444 e. The summed E-state index contributed by atoms with van der Waals surface area (Å²) in [7, 11) is 0. The molecule has 0 heterocycles. The summed E-state index contributed by atoms with van der Waals surface area (Å²) < 4.78 is 5.32. The van der Waals surface area contributed by atoms with E-state index in [2.05, 4.69) is 26.6 Å². The maximum absolute atomic E-state index is 13.6. The van der Waals surface area contributed by atoms with Gasteiger partial charge in [0, 0.05) is 18.2 Å². The number of hydrogen-bond donors (Lipinski definition) is 6. The number of aliphatic hydroxyl groups excluding tert-OH is 1. The van der Waals surface area contributed by atoms with E-state index in [0.717, 1.165) is 5.56 Å². The van der Waals surface area contributed by atoms with E-state index in [1.165, 1.54) is 11.8 Å². The average Bonchev–Trinajstić information content (AvgIpc) is 2.99. The van der Waals surface area contributed by atoms with Crippen molar-refractivity contribution in [3.05, 3.63) is 35.9 Å². The molecule has 0 saturated heterocycles. The molecule has 1 aromatic rings. The Hall–Kier alpha value is -3.32. The van der Waals surface area contributed by atoms with Crippen molar-refractivity contribution in [1.82, 2.24) is 26.6 Å². The number of ether oxygens (including phenoxy) is 1. The smallest absolute Gasteiger partial charge is 0.408 e. The highest BCUT2D eigenvalue weighted by Gasteiger charge is 2.33. The Morgan fingerprint density at radius 1 is 0.755 bits per heavy atom. The lowest BCUT2D eigenvalue weighted by molar-refractivity contribution is -0.133. The Kier molecular flexibility index (Phi) is 18.7. The van der Waals surface area contributed by atoms with Crippen LogP contribution in [-0.4, -0.2) is 82.7 Å². The van der Waals surface area contributed by atoms with Crippen LogP contribution in [0.2, 0.25) is 0 Å². The number of hydrogen-bond acceptors (Lipinski definition) is 8. The molecule has 12 nitrogen and oxygen atoms in total. The molecule has 49 heavy (non-hydrogen) atoms. The summed E-state index contributed by atoms with van der Waals surface area (Å²) in [6, 6.07) is 6.11. The summed E-state index contributed by atoms with van der Waals surface area (Å²) in [5.74, 6) is -2.49. The van der Waals surface area contributed by atoms with Crippen molar-refractivity contribution in [2.45, 2.75) is 124 Å². The van der Waals surface area contributed by atoms with Gasteiger partial charge in [-0.05, 0) is 63.2 Å². The van der Waals surface area contributed by atoms with Crippen molar-refractivity contribution in [1.29, 1.82) is 0 Å². The van der Waals surface area contributed by atoms with Crippen LogP contribution >= 0.6 is 11.8 Å². The molecule has 0 aliphatic rings. The van der Waals surface area contributed by atoms with Crippen LogP contribution in [0, 0.1) is 23.7 Å². The Morgan fingerprint density at radius 2 is 1.33 bits per heavy atom. The van der Waals surface area contributed by atoms with Gasteiger partial charge in [0.05, 0.1) is 12.1 Å². The van der Waals surface area contributed by atoms with Crippen molar-refractivity contribution in [3.8, 4) is 0 Å². The number of benzene rings is 1. The Balaban J connectivity index is 2.96. The van der Waals surface area contributed by atoms with Gasteiger partial charge in [0.2, 0.25) is 23.6 Å². The number of thioether (sulfide) groups is 1. The van der Waals surface area contributed by atoms with Crippen LogP contribution in [0.3, 0.4) is 0 Å². The minimum atomic E-state index is -1.08. The van der Waals surface area contributed by atoms with E-state index in [1.807, 2.05) is 58.0 Å². The molecule has 1 aromatic carbocycles. The molecule has 1 rings (SSSR count). The van der Waals surface area contributed by atoms with Crippen LogP contribution in [0.1, 0.15) is 87.6 Å². The van der Waals surface area contributed by atoms with Crippen LogP contribution in [-0.2, 0) is 30.5 Å². The lowest BCUT2D eigenvalue weighted by atomic mass is 9.91. The molecule has 5 amide bonds. The van der Waals surface area contributed by atoms with Gasteiger partial charge in [0.1, 0.15) is 23.7 Å². The Labute approximate surface area is 297 Å². The Morgan fingerprint density at radius 3 is 1.84 bits per heavy atom. The second kappa shape index (κ2) is 21.0. The van der Waals surface area contributed by atoms with E-state index < -0.39 is 59.7 Å². The first-order valence-corrected chi connectivity index (χ1v) is 18.5. The molecule has 0 aliphatic carbocycles. The first-order valence-electron chi connectivity index (χ1n) is 17.1. The molecule has 0 saturated carbocycles. The van der Waals surface area contributed by atoms with Crippen LogP contribution in [0.4, 0.5) is 4.79 Å². The molecule has 0 aromatic heterocycles. The van der Waals surface area contributed by atoms with E-state index in [-0.39, 0.29) is 41.7 Å². The molecule has 0 fully saturated rings. The predicted molar refractivity (Wildman–Crippen MR) is 195 cm³/mol. The van der Waals surface area contributed by atoms with Crippen LogP contribution in [0.15, 0.2) is 30.3 Å². The van der Waals surface area contributed by atoms with Gasteiger partial charge in [-0.25, -0.2) is 4.79 Å². The minimum absolute atomic E-state index is 0.0364. The van der Waals surface area contributed by atoms with Crippen molar-refractivity contribution in [2.24, 2.45) is 23.7 Å². The highest BCUT2D eigenvalue weighted by atomic mass is 32.2. The molecule has 0 spiro atoms. The number of nitrogens with one attached hydrogen (secondary N) is 5. The second-order valence-electron chi connectivity index (χ2n) is 14.8. The monoisotopic (exact) mass is 707 g/mol. The highest BCUT2D eigenvalue weighted by molar-refractivity contribution is 7.98. The lowest BCUT2D eigenvalue weighted by Gasteiger charge is -2.31. The molecule has 6 N–H and O–H groups in total. The minimum Gasteiger partial charge on any atom is -0.444 e. The van der Waals surface area contributed by atoms with Gasteiger partial charge in [-0.1, -0.05) is 78.8 Å². The van der Waals surface area contributed by atoms with Crippen LogP contribution < -0.4 is 26.6 Å². The fourth-order valence-electron chi connectivity index (χ4n) is 5.04. The Bertz CT molecular complexity index is 1210. The summed E-state index contributed by atoms with van der Waals surface area (Å²) in [4.78, 5) is 65.5. The van der Waals surface area contributed by atoms with Crippen molar-refractivity contribution in [3.63, 3.8) is 0 Å². The van der Waals surface area contributed by atoms with E-state index in [0.29, 0.717) is 13.0 Å². The molecule has 278 valence electrons. The standard InChI is InChI=1S/C36H61N5O7S/c1-21(2)17-26(38-32(44)27(20-49-11)39-34(46)30(23(5)6)41-35(47)48-36(8,9)10)28(42)18-24(7)31(43)40-29(22(3)4)33(45)37-19-25-15-13-12-14-16-25/h12-16,21-24,26-30,42H,17-20H2,1-11H3,(H,37,45)(H,38,44)(H,39,46)(H,40,43)(H,41,47)/t24?,26-,27?,28?,29-,30-/m0/s1. The van der Waals surface area contributed by atoms with Gasteiger partial charge >= 0.3 is 6.09 Å². The van der Waals surface area contributed by atoms with Gasteiger partial charge in [0.15, 0.2) is 0 Å². The summed E-state index contributed by atoms with van der Waals surface area (Å²) in [5.41, 5.74) is 0.192. The molecule has 3 unspecified atom stereocenters. The molecular weight excluding hydrogens is 646 g/mol. The first-order chi connectivity index (χ1) is 22.7. The molecule has 0 aliphatic heterocycles. The zero-order chi connectivity index (χ0) is 37.5. The maximum atomic E-state index is 13.6. The van der Waals surface area contributed by atoms with Gasteiger partial charge in [-0.3, -0.25) is 19.2 Å². The van der Waals surface area contributed by atoms with Gasteiger partial charge in [-0.15, -0.1) is 0 Å². The number of amides is 5. The predicted octanol–water partition coefficient (Wildman–Crippen LogP) is 3.76. The van der Waals surface area contributed by atoms with Crippen molar-refractivity contribution < 1.29 is 33.8 Å². The summed E-state index contributed by atoms with van der Waals surface area (Å²) in [6.45, 7) is 18.3. The fourth-order valence-corrected chi connectivity index (χ4v) is 5.61. The third-order valence-corrected chi connectivity index (χ3v) is 8.37. The number of alkyl carbamates (subject to hydrolysis) is 1. The summed E-state index contributed by atoms with van der Waals surface area (Å²) >= 11 is 1.36. The van der Waals surface area contributed by atoms with E-state index in [9.17, 15) is 29.1 Å². The molecule has 0 radical (unpaired) electrons. The lowest BCUT2D eigenvalue weighted by Crippen LogP contribution is -2.58. The van der Waals surface area contributed by atoms with E-state index in [4.69, 9.17) is 4.74 Å². The SMILES string of the molecule is CSCC(NC(=O)[C@@H](NC(=O)OC(C)(C)C)C(C)C)C(=O)N[C@@H](CC(C)C)C(O)CC(C)C(=O)N[C@H](C(=O)NCc1ccccc1)C(C)C. The normalized spacial score (nSPS) is 15.4. The topological polar surface area (TPSA) is 175 Å². The first kappa shape index (κ1) is 43.7. The van der Waals surface area contributed by atoms with Crippen molar-refractivity contribution in [2.75, 3.05) is 12.0 Å². The summed E-state index contributed by atoms with van der Waals surface area (Å²) in [5, 5.41) is 25.3. The van der Waals surface area contributed by atoms with Gasteiger partial charge in [-0.2, -0.15) is 11.8 Å². The van der Waals surface area contributed by atoms with Crippen LogP contribution in [0.5, 0.6) is 0 Å². The highest BCUT2D eigenvalue weighted by Crippen LogP contribution is 2.17. The average molecular weight is 708 g/mol. The number of aliphatic hydroxyl groups is 1. The number of rotatable bonds is 19. The molecule has 13 heteroatoms. The number of carbonyl (C=O) groups is 5. The summed E-state index contributed by atoms with van der Waals surface area (Å²) in [6.07, 6.45) is 0.442. The third-order valence-electron chi connectivity index (χ3n) is 7.70. The maximum Gasteiger partial charge on any atom is 0.408 e. The zero-order valence-corrected chi connectivity index (χ0v) is 32.0. The molecule has 0 bridgehead atoms. The molecule has 6 atom stereocenters. The van der Waals surface area contributed by atoms with E-state index in [1.54, 1.807) is 47.8 Å². The number of carbonyl (C=O) groups excluding carboxylic acids is 5. The zero-order valence-electron chi connectivity index (χ0n) is 31.2. The second-order valence-corrected chi connectivity index (χ2v) is 15.7. The third kappa shape index (κ3) is 16.8. The van der Waals surface area contributed by atoms with E-state index >= 15 is 0 Å². The quantitative estimate of drug-likeness (QED) is 0.126. The van der Waals surface area contributed by atoms with Crippen LogP contribution in [0.25, 0.3) is 0 Å². The van der Waals surface area contributed by atoms with Crippen molar-refractivity contribution >= 4 is 41.5 Å². The fraction of sp³-hybridized carbons (Fsp3) is 0.694. The molecular formula is C36H61N5O7S. The van der Waals surface area contributed by atoms with Gasteiger partial charge in [0.25, 0.3) is 0 Å².